The molecule has 1 heterocycles. The van der Waals surface area contributed by atoms with Gasteiger partial charge in [-0.05, 0) is 74.2 Å². The van der Waals surface area contributed by atoms with Crippen molar-refractivity contribution < 1.29 is 14.7 Å². The van der Waals surface area contributed by atoms with Crippen LogP contribution < -0.4 is 0 Å². The fourth-order valence-electron chi connectivity index (χ4n) is 7.21. The molecule has 1 aromatic rings. The molecule has 0 spiro atoms. The van der Waals surface area contributed by atoms with E-state index in [9.17, 15) is 14.7 Å². The highest BCUT2D eigenvalue weighted by molar-refractivity contribution is 5.88. The van der Waals surface area contributed by atoms with Gasteiger partial charge in [0.2, 0.25) is 5.91 Å². The fraction of sp³-hybridized carbons (Fsp3) is 0.636. The highest BCUT2D eigenvalue weighted by Gasteiger charge is 2.62. The third-order valence-corrected chi connectivity index (χ3v) is 7.70. The Morgan fingerprint density at radius 3 is 2.38 bits per heavy atom. The summed E-state index contributed by atoms with van der Waals surface area (Å²) < 4.78 is 0. The first-order valence-corrected chi connectivity index (χ1v) is 10.1. The second-order valence-corrected chi connectivity index (χ2v) is 9.38. The van der Waals surface area contributed by atoms with Gasteiger partial charge in [0.1, 0.15) is 6.04 Å². The SMILES string of the molecule is O=C(O)[C@H]1CCCN1C(=O)C12C[C@H]3C[C@@H](C1)CC(c1ccccc1)(C3)C2. The van der Waals surface area contributed by atoms with E-state index in [1.807, 2.05) is 0 Å². The van der Waals surface area contributed by atoms with Gasteiger partial charge >= 0.3 is 5.97 Å². The van der Waals surface area contributed by atoms with Crippen molar-refractivity contribution in [2.45, 2.75) is 62.8 Å². The number of carboxylic acids is 1. The number of hydrogen-bond acceptors (Lipinski definition) is 2. The van der Waals surface area contributed by atoms with Gasteiger partial charge in [0.25, 0.3) is 0 Å². The lowest BCUT2D eigenvalue weighted by Crippen LogP contribution is -2.60. The number of carboxylic acid groups (broad SMARTS) is 1. The molecule has 5 fully saturated rings. The summed E-state index contributed by atoms with van der Waals surface area (Å²) in [5, 5.41) is 9.55. The van der Waals surface area contributed by atoms with E-state index < -0.39 is 12.0 Å². The number of aliphatic carboxylic acids is 1. The first-order valence-electron chi connectivity index (χ1n) is 10.1. The predicted octanol–water partition coefficient (Wildman–Crippen LogP) is 3.60. The average Bonchev–Trinajstić information content (AvgIpc) is 3.10. The van der Waals surface area contributed by atoms with E-state index in [1.165, 1.54) is 24.8 Å². The molecule has 4 bridgehead atoms. The average molecular weight is 353 g/mol. The van der Waals surface area contributed by atoms with E-state index in [0.29, 0.717) is 24.8 Å². The topological polar surface area (TPSA) is 57.6 Å². The zero-order chi connectivity index (χ0) is 17.9. The number of benzene rings is 1. The van der Waals surface area contributed by atoms with Crippen LogP contribution in [0.3, 0.4) is 0 Å². The Morgan fingerprint density at radius 2 is 1.73 bits per heavy atom. The first kappa shape index (κ1) is 16.3. The van der Waals surface area contributed by atoms with Gasteiger partial charge in [0.05, 0.1) is 5.41 Å². The van der Waals surface area contributed by atoms with E-state index in [-0.39, 0.29) is 16.7 Å². The van der Waals surface area contributed by atoms with E-state index in [0.717, 1.165) is 25.7 Å². The Hall–Kier alpha value is -1.84. The Kier molecular flexibility index (Phi) is 3.51. The molecule has 2 unspecified atom stereocenters. The molecule has 6 rings (SSSR count). The molecule has 5 aliphatic rings. The monoisotopic (exact) mass is 353 g/mol. The fourth-order valence-corrected chi connectivity index (χ4v) is 7.21. The molecule has 1 aliphatic heterocycles. The van der Waals surface area contributed by atoms with Gasteiger partial charge in [-0.1, -0.05) is 30.3 Å². The molecule has 4 heteroatoms. The Balaban J connectivity index is 1.51. The third kappa shape index (κ3) is 2.27. The molecule has 26 heavy (non-hydrogen) atoms. The van der Waals surface area contributed by atoms with Crippen LogP contribution >= 0.6 is 0 Å². The number of nitrogens with zero attached hydrogens (tertiary/aromatic N) is 1. The predicted molar refractivity (Wildman–Crippen MR) is 97.6 cm³/mol. The summed E-state index contributed by atoms with van der Waals surface area (Å²) in [7, 11) is 0. The molecule has 0 aromatic heterocycles. The highest BCUT2D eigenvalue weighted by atomic mass is 16.4. The van der Waals surface area contributed by atoms with Gasteiger partial charge in [-0.3, -0.25) is 4.79 Å². The molecule has 4 aliphatic carbocycles. The standard InChI is InChI=1S/C22H27NO3/c24-19(25)18-7-4-8-23(18)20(26)22-12-15-9-16(13-22)11-21(10-15,14-22)17-5-2-1-3-6-17/h1-3,5-6,15-16,18H,4,7-14H2,(H,24,25)/t15-,16+,18-,21?,22?/m1/s1. The number of hydrogen-bond donors (Lipinski definition) is 1. The number of amides is 1. The van der Waals surface area contributed by atoms with Gasteiger partial charge in [-0.25, -0.2) is 4.79 Å². The van der Waals surface area contributed by atoms with Crippen LogP contribution in [0.2, 0.25) is 0 Å². The summed E-state index contributed by atoms with van der Waals surface area (Å²) in [6.07, 6.45) is 7.93. The van der Waals surface area contributed by atoms with Crippen LogP contribution in [0, 0.1) is 17.3 Å². The molecule has 0 radical (unpaired) electrons. The minimum atomic E-state index is -0.835. The van der Waals surface area contributed by atoms with Gasteiger partial charge in [-0.15, -0.1) is 0 Å². The lowest BCUT2D eigenvalue weighted by Gasteiger charge is -2.62. The van der Waals surface area contributed by atoms with Crippen molar-refractivity contribution in [2.24, 2.45) is 17.3 Å². The van der Waals surface area contributed by atoms with Crippen molar-refractivity contribution in [3.8, 4) is 0 Å². The number of carbonyl (C=O) groups is 2. The van der Waals surface area contributed by atoms with Crippen LogP contribution in [-0.4, -0.2) is 34.5 Å². The summed E-state index contributed by atoms with van der Waals surface area (Å²) in [6.45, 7) is 0.616. The van der Waals surface area contributed by atoms with Crippen LogP contribution in [0.4, 0.5) is 0 Å². The smallest absolute Gasteiger partial charge is 0.326 e. The van der Waals surface area contributed by atoms with Crippen molar-refractivity contribution >= 4 is 11.9 Å². The maximum atomic E-state index is 13.6. The van der Waals surface area contributed by atoms with Crippen molar-refractivity contribution in [3.63, 3.8) is 0 Å². The van der Waals surface area contributed by atoms with E-state index >= 15 is 0 Å². The summed E-state index contributed by atoms with van der Waals surface area (Å²) in [5.74, 6) is 0.549. The van der Waals surface area contributed by atoms with E-state index in [4.69, 9.17) is 0 Å². The van der Waals surface area contributed by atoms with Crippen LogP contribution in [0.1, 0.15) is 56.9 Å². The quantitative estimate of drug-likeness (QED) is 0.903. The maximum absolute atomic E-state index is 13.6. The van der Waals surface area contributed by atoms with Crippen LogP contribution in [0.15, 0.2) is 30.3 Å². The molecular formula is C22H27NO3. The second kappa shape index (κ2) is 5.58. The minimum Gasteiger partial charge on any atom is -0.480 e. The van der Waals surface area contributed by atoms with Crippen molar-refractivity contribution in [2.75, 3.05) is 6.54 Å². The highest BCUT2D eigenvalue weighted by Crippen LogP contribution is 2.66. The van der Waals surface area contributed by atoms with Gasteiger partial charge in [0, 0.05) is 6.54 Å². The molecular weight excluding hydrogens is 326 g/mol. The van der Waals surface area contributed by atoms with Crippen molar-refractivity contribution in [1.82, 2.24) is 4.90 Å². The number of rotatable bonds is 3. The van der Waals surface area contributed by atoms with Crippen LogP contribution in [0.5, 0.6) is 0 Å². The number of likely N-dealkylation sites (tertiary alicyclic amines) is 1. The van der Waals surface area contributed by atoms with E-state index in [1.54, 1.807) is 4.90 Å². The van der Waals surface area contributed by atoms with Crippen molar-refractivity contribution in [1.29, 1.82) is 0 Å². The molecule has 1 amide bonds. The maximum Gasteiger partial charge on any atom is 0.326 e. The normalized spacial score (nSPS) is 40.8. The van der Waals surface area contributed by atoms with Crippen molar-refractivity contribution in [3.05, 3.63) is 35.9 Å². The molecule has 4 nitrogen and oxygen atoms in total. The van der Waals surface area contributed by atoms with E-state index in [2.05, 4.69) is 30.3 Å². The zero-order valence-corrected chi connectivity index (χ0v) is 15.2. The molecule has 138 valence electrons. The Bertz CT molecular complexity index is 729. The first-order chi connectivity index (χ1) is 12.5. The summed E-state index contributed by atoms with van der Waals surface area (Å²) in [4.78, 5) is 27.0. The molecule has 1 saturated heterocycles. The summed E-state index contributed by atoms with van der Waals surface area (Å²) in [5.41, 5.74) is 1.19. The van der Waals surface area contributed by atoms with Gasteiger partial charge in [-0.2, -0.15) is 0 Å². The zero-order valence-electron chi connectivity index (χ0n) is 15.2. The molecule has 5 atom stereocenters. The third-order valence-electron chi connectivity index (χ3n) is 7.70. The Morgan fingerprint density at radius 1 is 1.04 bits per heavy atom. The van der Waals surface area contributed by atoms with Gasteiger partial charge < -0.3 is 10.0 Å². The number of carbonyl (C=O) groups excluding carboxylic acids is 1. The lowest BCUT2D eigenvalue weighted by atomic mass is 9.42. The molecule has 1 N–H and O–H groups in total. The summed E-state index contributed by atoms with van der Waals surface area (Å²) >= 11 is 0. The van der Waals surface area contributed by atoms with Crippen LogP contribution in [0.25, 0.3) is 0 Å². The van der Waals surface area contributed by atoms with Gasteiger partial charge in [0.15, 0.2) is 0 Å². The largest absolute Gasteiger partial charge is 0.480 e. The molecule has 1 aromatic carbocycles. The second-order valence-electron chi connectivity index (χ2n) is 9.38. The Labute approximate surface area is 154 Å². The lowest BCUT2D eigenvalue weighted by molar-refractivity contribution is -0.165. The van der Waals surface area contributed by atoms with Crippen LogP contribution in [-0.2, 0) is 15.0 Å². The molecule has 4 saturated carbocycles. The minimum absolute atomic E-state index is 0.124. The summed E-state index contributed by atoms with van der Waals surface area (Å²) in [6, 6.07) is 10.2.